The molecule has 1 aliphatic rings. The van der Waals surface area contributed by atoms with Gasteiger partial charge >= 0.3 is 0 Å². The van der Waals surface area contributed by atoms with Gasteiger partial charge in [0.2, 0.25) is 0 Å². The maximum absolute atomic E-state index is 12.7. The van der Waals surface area contributed by atoms with E-state index in [1.165, 1.54) is 5.57 Å². The third-order valence-electron chi connectivity index (χ3n) is 4.89. The lowest BCUT2D eigenvalue weighted by Crippen LogP contribution is -2.20. The van der Waals surface area contributed by atoms with E-state index in [1.807, 2.05) is 80.8 Å². The lowest BCUT2D eigenvalue weighted by Gasteiger charge is -2.21. The van der Waals surface area contributed by atoms with Crippen LogP contribution in [-0.2, 0) is 0 Å². The number of halogens is 1. The largest absolute Gasteiger partial charge is 0.488 e. The minimum Gasteiger partial charge on any atom is -0.488 e. The summed E-state index contributed by atoms with van der Waals surface area (Å²) in [5, 5.41) is 3.66. The van der Waals surface area contributed by atoms with Crippen molar-refractivity contribution in [1.82, 2.24) is 4.90 Å². The van der Waals surface area contributed by atoms with E-state index in [-0.39, 0.29) is 5.91 Å². The van der Waals surface area contributed by atoms with Gasteiger partial charge in [-0.25, -0.2) is 0 Å². The predicted molar refractivity (Wildman–Crippen MR) is 123 cm³/mol. The fraction of sp³-hybridized carbons (Fsp3) is 0.160. The molecule has 0 radical (unpaired) electrons. The molecule has 0 saturated carbocycles. The summed E-state index contributed by atoms with van der Waals surface area (Å²) in [5.41, 5.74) is 5.66. The van der Waals surface area contributed by atoms with E-state index in [1.54, 1.807) is 0 Å². The second-order valence-electron chi connectivity index (χ2n) is 7.62. The number of anilines is 1. The Bertz CT molecular complexity index is 1090. The molecular weight excluding hydrogens is 396 g/mol. The summed E-state index contributed by atoms with van der Waals surface area (Å²) in [7, 11) is 4.08. The van der Waals surface area contributed by atoms with Crippen LogP contribution >= 0.6 is 11.6 Å². The Morgan fingerprint density at radius 2 is 1.67 bits per heavy atom. The van der Waals surface area contributed by atoms with Crippen molar-refractivity contribution in [3.8, 4) is 16.9 Å². The Labute approximate surface area is 181 Å². The number of fused-ring (bicyclic) bond motifs is 1. The van der Waals surface area contributed by atoms with Crippen LogP contribution < -0.4 is 10.1 Å². The second-order valence-corrected chi connectivity index (χ2v) is 8.06. The van der Waals surface area contributed by atoms with Gasteiger partial charge in [0.15, 0.2) is 0 Å². The summed E-state index contributed by atoms with van der Waals surface area (Å²) in [6, 6.07) is 20.9. The Balaban J connectivity index is 1.45. The summed E-state index contributed by atoms with van der Waals surface area (Å²) >= 11 is 5.95. The van der Waals surface area contributed by atoms with Crippen LogP contribution in [0.3, 0.4) is 0 Å². The molecule has 152 valence electrons. The van der Waals surface area contributed by atoms with Crippen LogP contribution in [0.15, 0.2) is 72.3 Å². The van der Waals surface area contributed by atoms with E-state index in [9.17, 15) is 4.79 Å². The number of nitrogens with zero attached hydrogens (tertiary/aromatic N) is 1. The number of carbonyl (C=O) groups excluding carboxylic acids is 1. The average Bonchev–Trinajstić information content (AvgIpc) is 2.74. The quantitative estimate of drug-likeness (QED) is 0.586. The first-order valence-corrected chi connectivity index (χ1v) is 10.1. The number of likely N-dealkylation sites (N-methyl/N-ethyl adjacent to an activating group) is 1. The molecule has 30 heavy (non-hydrogen) atoms. The smallest absolute Gasteiger partial charge is 0.255 e. The first-order chi connectivity index (χ1) is 14.5. The van der Waals surface area contributed by atoms with E-state index in [0.717, 1.165) is 29.0 Å². The summed E-state index contributed by atoms with van der Waals surface area (Å²) in [6.07, 6.45) is 2.15. The Morgan fingerprint density at radius 1 is 1.00 bits per heavy atom. The highest BCUT2D eigenvalue weighted by molar-refractivity contribution is 6.30. The van der Waals surface area contributed by atoms with Crippen LogP contribution in [0.25, 0.3) is 17.2 Å². The van der Waals surface area contributed by atoms with Crippen molar-refractivity contribution in [1.29, 1.82) is 0 Å². The maximum atomic E-state index is 12.7. The molecular formula is C25H23ClN2O2. The Hall–Kier alpha value is -3.08. The van der Waals surface area contributed by atoms with Crippen molar-refractivity contribution < 1.29 is 9.53 Å². The zero-order valence-electron chi connectivity index (χ0n) is 17.0. The number of amides is 1. The van der Waals surface area contributed by atoms with Crippen LogP contribution in [0.4, 0.5) is 5.69 Å². The van der Waals surface area contributed by atoms with Crippen LogP contribution in [0.1, 0.15) is 15.9 Å². The molecule has 1 heterocycles. The zero-order chi connectivity index (χ0) is 21.1. The summed E-state index contributed by atoms with van der Waals surface area (Å²) in [4.78, 5) is 14.8. The second kappa shape index (κ2) is 8.74. The van der Waals surface area contributed by atoms with Gasteiger partial charge in [-0.05, 0) is 73.3 Å². The number of rotatable bonds is 5. The molecule has 4 nitrogen and oxygen atoms in total. The number of benzene rings is 3. The van der Waals surface area contributed by atoms with Crippen molar-refractivity contribution in [2.75, 3.05) is 32.6 Å². The Morgan fingerprint density at radius 3 is 2.33 bits per heavy atom. The molecule has 0 spiro atoms. The highest BCUT2D eigenvalue weighted by Crippen LogP contribution is 2.30. The van der Waals surface area contributed by atoms with E-state index >= 15 is 0 Å². The molecule has 1 aliphatic heterocycles. The van der Waals surface area contributed by atoms with E-state index < -0.39 is 0 Å². The minimum absolute atomic E-state index is 0.155. The fourth-order valence-electron chi connectivity index (χ4n) is 3.45. The van der Waals surface area contributed by atoms with Gasteiger partial charge in [0, 0.05) is 34.4 Å². The minimum atomic E-state index is -0.155. The monoisotopic (exact) mass is 418 g/mol. The molecule has 5 heteroatoms. The fourth-order valence-corrected chi connectivity index (χ4v) is 3.57. The molecule has 3 aromatic carbocycles. The van der Waals surface area contributed by atoms with Crippen molar-refractivity contribution in [2.24, 2.45) is 0 Å². The Kier molecular flexibility index (Phi) is 5.88. The van der Waals surface area contributed by atoms with Gasteiger partial charge in [-0.2, -0.15) is 0 Å². The lowest BCUT2D eigenvalue weighted by atomic mass is 10.0. The first-order valence-electron chi connectivity index (χ1n) is 9.76. The van der Waals surface area contributed by atoms with E-state index in [2.05, 4.69) is 16.3 Å². The van der Waals surface area contributed by atoms with E-state index in [0.29, 0.717) is 22.9 Å². The van der Waals surface area contributed by atoms with Crippen molar-refractivity contribution in [2.45, 2.75) is 0 Å². The SMILES string of the molecule is CN(C)CC1=Cc2ccc(NC(=O)c3ccc(-c4ccc(Cl)cc4)cc3)cc2OC1. The molecule has 0 unspecified atom stereocenters. The molecule has 1 N–H and O–H groups in total. The van der Waals surface area contributed by atoms with Gasteiger partial charge in [0.25, 0.3) is 5.91 Å². The zero-order valence-corrected chi connectivity index (χ0v) is 17.7. The molecule has 3 aromatic rings. The van der Waals surface area contributed by atoms with Gasteiger partial charge in [0.05, 0.1) is 0 Å². The van der Waals surface area contributed by atoms with Gasteiger partial charge in [0.1, 0.15) is 12.4 Å². The first kappa shape index (κ1) is 20.2. The van der Waals surface area contributed by atoms with Crippen molar-refractivity contribution in [3.05, 3.63) is 88.5 Å². The average molecular weight is 419 g/mol. The van der Waals surface area contributed by atoms with Crippen LogP contribution in [-0.4, -0.2) is 38.1 Å². The van der Waals surface area contributed by atoms with Gasteiger partial charge in [-0.1, -0.05) is 35.9 Å². The van der Waals surface area contributed by atoms with Gasteiger partial charge < -0.3 is 15.0 Å². The highest BCUT2D eigenvalue weighted by atomic mass is 35.5. The molecule has 1 amide bonds. The molecule has 0 aliphatic carbocycles. The normalized spacial score (nSPS) is 12.7. The third kappa shape index (κ3) is 4.73. The van der Waals surface area contributed by atoms with Gasteiger partial charge in [-0.3, -0.25) is 4.79 Å². The molecule has 0 bridgehead atoms. The number of hydrogen-bond acceptors (Lipinski definition) is 3. The topological polar surface area (TPSA) is 41.6 Å². The van der Waals surface area contributed by atoms with Crippen LogP contribution in [0, 0.1) is 0 Å². The lowest BCUT2D eigenvalue weighted by molar-refractivity contribution is 0.102. The standard InChI is InChI=1S/C25H23ClN2O2/c1-28(2)15-17-13-21-9-12-23(14-24(21)30-16-17)27-25(29)20-5-3-18(4-6-20)19-7-10-22(26)11-8-19/h3-14H,15-16H2,1-2H3,(H,27,29). The molecule has 0 atom stereocenters. The number of carbonyl (C=O) groups is 1. The summed E-state index contributed by atoms with van der Waals surface area (Å²) in [6.45, 7) is 1.43. The number of ether oxygens (including phenoxy) is 1. The van der Waals surface area contributed by atoms with Crippen molar-refractivity contribution in [3.63, 3.8) is 0 Å². The van der Waals surface area contributed by atoms with Gasteiger partial charge in [-0.15, -0.1) is 0 Å². The predicted octanol–water partition coefficient (Wildman–Crippen LogP) is 5.60. The molecule has 0 aromatic heterocycles. The number of hydrogen-bond donors (Lipinski definition) is 1. The van der Waals surface area contributed by atoms with Crippen LogP contribution in [0.5, 0.6) is 5.75 Å². The molecule has 0 saturated heterocycles. The summed E-state index contributed by atoms with van der Waals surface area (Å²) in [5.74, 6) is 0.630. The summed E-state index contributed by atoms with van der Waals surface area (Å²) < 4.78 is 5.88. The highest BCUT2D eigenvalue weighted by Gasteiger charge is 2.14. The van der Waals surface area contributed by atoms with Crippen LogP contribution in [0.2, 0.25) is 5.02 Å². The maximum Gasteiger partial charge on any atom is 0.255 e. The molecule has 0 fully saturated rings. The van der Waals surface area contributed by atoms with Crippen molar-refractivity contribution >= 4 is 29.3 Å². The third-order valence-corrected chi connectivity index (χ3v) is 5.14. The molecule has 4 rings (SSSR count). The number of nitrogens with one attached hydrogen (secondary N) is 1. The van der Waals surface area contributed by atoms with E-state index in [4.69, 9.17) is 16.3 Å².